The van der Waals surface area contributed by atoms with Gasteiger partial charge in [-0.2, -0.15) is 0 Å². The number of anilines is 2. The van der Waals surface area contributed by atoms with Gasteiger partial charge in [0, 0.05) is 20.0 Å². The van der Waals surface area contributed by atoms with E-state index in [1.54, 1.807) is 6.26 Å². The highest BCUT2D eigenvalue weighted by Gasteiger charge is 2.06. The first-order chi connectivity index (χ1) is 8.31. The molecular weight excluding hydrogens is 284 g/mol. The number of furan rings is 1. The molecule has 0 aliphatic heterocycles. The zero-order valence-corrected chi connectivity index (χ0v) is 11.0. The molecule has 0 amide bonds. The van der Waals surface area contributed by atoms with Crippen molar-refractivity contribution in [2.24, 2.45) is 0 Å². The van der Waals surface area contributed by atoms with Crippen LogP contribution in [-0.4, -0.2) is 23.6 Å². The van der Waals surface area contributed by atoms with Crippen LogP contribution in [0.1, 0.15) is 5.76 Å². The van der Waals surface area contributed by atoms with Crippen molar-refractivity contribution in [1.82, 2.24) is 9.97 Å². The molecule has 2 aromatic heterocycles. The highest BCUT2D eigenvalue weighted by atomic mass is 79.9. The van der Waals surface area contributed by atoms with Crippen molar-refractivity contribution in [3.63, 3.8) is 0 Å². The predicted octanol–water partition coefficient (Wildman–Crippen LogP) is 2.53. The molecule has 2 N–H and O–H groups in total. The highest BCUT2D eigenvalue weighted by molar-refractivity contribution is 9.10. The highest BCUT2D eigenvalue weighted by Crippen LogP contribution is 2.25. The predicted molar refractivity (Wildman–Crippen MR) is 70.2 cm³/mol. The number of nitrogens with zero attached hydrogens (tertiary/aromatic N) is 2. The molecule has 0 aliphatic rings. The summed E-state index contributed by atoms with van der Waals surface area (Å²) in [6, 6.07) is 3.84. The Hall–Kier alpha value is -1.56. The number of halogens is 1. The van der Waals surface area contributed by atoms with E-state index in [1.807, 2.05) is 19.2 Å². The van der Waals surface area contributed by atoms with Gasteiger partial charge in [0.1, 0.15) is 28.2 Å². The lowest BCUT2D eigenvalue weighted by molar-refractivity contribution is 0.513. The van der Waals surface area contributed by atoms with E-state index in [0.29, 0.717) is 0 Å². The zero-order valence-electron chi connectivity index (χ0n) is 9.40. The lowest BCUT2D eigenvalue weighted by Gasteiger charge is -2.08. The van der Waals surface area contributed by atoms with Gasteiger partial charge in [0.15, 0.2) is 0 Å². The van der Waals surface area contributed by atoms with E-state index in [0.717, 1.165) is 34.8 Å². The largest absolute Gasteiger partial charge is 0.469 e. The summed E-state index contributed by atoms with van der Waals surface area (Å²) in [4.78, 5) is 8.25. The van der Waals surface area contributed by atoms with E-state index in [1.165, 1.54) is 6.33 Å². The van der Waals surface area contributed by atoms with E-state index >= 15 is 0 Å². The van der Waals surface area contributed by atoms with Crippen LogP contribution < -0.4 is 10.6 Å². The fourth-order valence-corrected chi connectivity index (χ4v) is 1.97. The van der Waals surface area contributed by atoms with Crippen LogP contribution in [-0.2, 0) is 6.42 Å². The Labute approximate surface area is 108 Å². The van der Waals surface area contributed by atoms with Crippen LogP contribution in [0.25, 0.3) is 0 Å². The quantitative estimate of drug-likeness (QED) is 0.888. The summed E-state index contributed by atoms with van der Waals surface area (Å²) in [6.45, 7) is 0.756. The van der Waals surface area contributed by atoms with E-state index in [-0.39, 0.29) is 0 Å². The van der Waals surface area contributed by atoms with Gasteiger partial charge in [-0.25, -0.2) is 9.97 Å². The summed E-state index contributed by atoms with van der Waals surface area (Å²) >= 11 is 3.45. The summed E-state index contributed by atoms with van der Waals surface area (Å²) in [6.07, 6.45) is 4.01. The van der Waals surface area contributed by atoms with Crippen LogP contribution in [0.5, 0.6) is 0 Å². The van der Waals surface area contributed by atoms with E-state index in [4.69, 9.17) is 4.42 Å². The zero-order chi connectivity index (χ0) is 12.1. The maximum atomic E-state index is 5.25. The molecule has 2 rings (SSSR count). The number of nitrogens with one attached hydrogen (secondary N) is 2. The summed E-state index contributed by atoms with van der Waals surface area (Å²) in [7, 11) is 1.82. The Morgan fingerprint density at radius 3 is 2.88 bits per heavy atom. The molecule has 0 saturated carbocycles. The maximum Gasteiger partial charge on any atom is 0.145 e. The molecule has 0 aromatic carbocycles. The molecule has 0 bridgehead atoms. The van der Waals surface area contributed by atoms with Crippen molar-refractivity contribution in [3.8, 4) is 0 Å². The topological polar surface area (TPSA) is 63.0 Å². The number of aromatic nitrogens is 2. The minimum atomic E-state index is 0.756. The first kappa shape index (κ1) is 11.9. The number of rotatable bonds is 5. The Kier molecular flexibility index (Phi) is 3.98. The number of hydrogen-bond donors (Lipinski definition) is 2. The minimum Gasteiger partial charge on any atom is -0.469 e. The van der Waals surface area contributed by atoms with Crippen molar-refractivity contribution in [2.45, 2.75) is 6.42 Å². The monoisotopic (exact) mass is 296 g/mol. The van der Waals surface area contributed by atoms with Gasteiger partial charge in [0.05, 0.1) is 6.26 Å². The normalized spacial score (nSPS) is 10.2. The molecule has 2 heterocycles. The van der Waals surface area contributed by atoms with Gasteiger partial charge < -0.3 is 15.1 Å². The Balaban J connectivity index is 1.95. The molecule has 5 nitrogen and oxygen atoms in total. The van der Waals surface area contributed by atoms with Crippen LogP contribution in [0, 0.1) is 0 Å². The fourth-order valence-electron chi connectivity index (χ4n) is 1.43. The first-order valence-electron chi connectivity index (χ1n) is 5.25. The van der Waals surface area contributed by atoms with Gasteiger partial charge >= 0.3 is 0 Å². The maximum absolute atomic E-state index is 5.25. The number of hydrogen-bond acceptors (Lipinski definition) is 5. The van der Waals surface area contributed by atoms with Crippen molar-refractivity contribution in [1.29, 1.82) is 0 Å². The van der Waals surface area contributed by atoms with Gasteiger partial charge in [-0.3, -0.25) is 0 Å². The van der Waals surface area contributed by atoms with Crippen LogP contribution in [0.15, 0.2) is 33.6 Å². The smallest absolute Gasteiger partial charge is 0.145 e. The lowest BCUT2D eigenvalue weighted by Crippen LogP contribution is -2.08. The molecule has 0 fully saturated rings. The SMILES string of the molecule is CNc1ncnc(NCCc2ccco2)c1Br. The van der Waals surface area contributed by atoms with Crippen molar-refractivity contribution in [2.75, 3.05) is 24.2 Å². The third-order valence-electron chi connectivity index (χ3n) is 2.27. The molecule has 0 unspecified atom stereocenters. The van der Waals surface area contributed by atoms with Crippen LogP contribution in [0.4, 0.5) is 11.6 Å². The van der Waals surface area contributed by atoms with Gasteiger partial charge in [-0.05, 0) is 28.1 Å². The standard InChI is InChI=1S/C11H13BrN4O/c1-13-10-9(12)11(16-7-15-10)14-5-4-8-3-2-6-17-8/h2-3,6-7H,4-5H2,1H3,(H2,13,14,15,16). The molecule has 0 spiro atoms. The average molecular weight is 297 g/mol. The summed E-state index contributed by atoms with van der Waals surface area (Å²) in [5, 5.41) is 6.21. The lowest BCUT2D eigenvalue weighted by atomic mass is 10.3. The second-order valence-electron chi connectivity index (χ2n) is 3.39. The summed E-state index contributed by atoms with van der Waals surface area (Å²) < 4.78 is 6.08. The van der Waals surface area contributed by atoms with Crippen molar-refractivity contribution >= 4 is 27.6 Å². The van der Waals surface area contributed by atoms with Crippen molar-refractivity contribution in [3.05, 3.63) is 35.0 Å². The van der Waals surface area contributed by atoms with Crippen LogP contribution >= 0.6 is 15.9 Å². The Morgan fingerprint density at radius 1 is 1.35 bits per heavy atom. The van der Waals surface area contributed by atoms with Gasteiger partial charge in [-0.1, -0.05) is 0 Å². The first-order valence-corrected chi connectivity index (χ1v) is 6.05. The van der Waals surface area contributed by atoms with Crippen LogP contribution in [0.3, 0.4) is 0 Å². The molecule has 0 radical (unpaired) electrons. The summed E-state index contributed by atoms with van der Waals surface area (Å²) in [5.41, 5.74) is 0. The molecule has 2 aromatic rings. The molecule has 0 aliphatic carbocycles. The van der Waals surface area contributed by atoms with E-state index in [9.17, 15) is 0 Å². The molecule has 0 saturated heterocycles. The molecule has 90 valence electrons. The van der Waals surface area contributed by atoms with E-state index in [2.05, 4.69) is 36.5 Å². The third-order valence-corrected chi connectivity index (χ3v) is 3.02. The van der Waals surface area contributed by atoms with Crippen LogP contribution in [0.2, 0.25) is 0 Å². The van der Waals surface area contributed by atoms with Crippen molar-refractivity contribution < 1.29 is 4.42 Å². The summed E-state index contributed by atoms with van der Waals surface area (Å²) in [5.74, 6) is 2.49. The Morgan fingerprint density at radius 2 is 2.18 bits per heavy atom. The second kappa shape index (κ2) is 5.67. The molecule has 17 heavy (non-hydrogen) atoms. The second-order valence-corrected chi connectivity index (χ2v) is 4.18. The Bertz CT molecular complexity index is 472. The van der Waals surface area contributed by atoms with Gasteiger partial charge in [0.25, 0.3) is 0 Å². The molecular formula is C11H13BrN4O. The average Bonchev–Trinajstić information content (AvgIpc) is 2.84. The molecule has 0 atom stereocenters. The van der Waals surface area contributed by atoms with Gasteiger partial charge in [-0.15, -0.1) is 0 Å². The van der Waals surface area contributed by atoms with E-state index < -0.39 is 0 Å². The minimum absolute atomic E-state index is 0.756. The molecule has 6 heteroatoms. The fraction of sp³-hybridized carbons (Fsp3) is 0.273. The third kappa shape index (κ3) is 2.97. The van der Waals surface area contributed by atoms with Gasteiger partial charge in [0.2, 0.25) is 0 Å².